The Labute approximate surface area is 94.8 Å². The Balaban J connectivity index is 2.15. The lowest BCUT2D eigenvalue weighted by Gasteiger charge is -2.08. The molecule has 0 spiro atoms. The number of halogens is 1. The van der Waals surface area contributed by atoms with Crippen molar-refractivity contribution < 1.29 is 8.42 Å². The van der Waals surface area contributed by atoms with Gasteiger partial charge < -0.3 is 0 Å². The van der Waals surface area contributed by atoms with Gasteiger partial charge in [-0.25, -0.2) is 13.1 Å². The Morgan fingerprint density at radius 1 is 1.50 bits per heavy atom. The second-order valence-electron chi connectivity index (χ2n) is 3.91. The molecule has 1 rings (SSSR count). The molecule has 1 unspecified atom stereocenters. The van der Waals surface area contributed by atoms with Crippen molar-refractivity contribution in [2.75, 3.05) is 12.3 Å². The van der Waals surface area contributed by atoms with Gasteiger partial charge in [0.2, 0.25) is 10.0 Å². The van der Waals surface area contributed by atoms with Crippen LogP contribution in [0.1, 0.15) is 32.6 Å². The van der Waals surface area contributed by atoms with Crippen molar-refractivity contribution in [1.29, 1.82) is 0 Å². The van der Waals surface area contributed by atoms with Gasteiger partial charge in [-0.05, 0) is 31.6 Å². The predicted octanol–water partition coefficient (Wildman–Crippen LogP) is 1.88. The molecule has 5 heteroatoms. The molecular weight excluding hydrogens is 266 g/mol. The number of sulfonamides is 1. The fourth-order valence-corrected chi connectivity index (χ4v) is 2.96. The minimum absolute atomic E-state index is 0.325. The van der Waals surface area contributed by atoms with E-state index in [4.69, 9.17) is 0 Å². The van der Waals surface area contributed by atoms with Crippen LogP contribution in [0.5, 0.6) is 0 Å². The molecule has 0 aromatic heterocycles. The molecule has 0 aromatic rings. The quantitative estimate of drug-likeness (QED) is 0.726. The van der Waals surface area contributed by atoms with Crippen molar-refractivity contribution in [3.63, 3.8) is 0 Å². The van der Waals surface area contributed by atoms with E-state index in [9.17, 15) is 8.42 Å². The monoisotopic (exact) mass is 283 g/mol. The van der Waals surface area contributed by atoms with Gasteiger partial charge >= 0.3 is 0 Å². The topological polar surface area (TPSA) is 46.2 Å². The van der Waals surface area contributed by atoms with E-state index in [1.807, 2.05) is 0 Å². The molecule has 1 fully saturated rings. The van der Waals surface area contributed by atoms with E-state index in [1.165, 1.54) is 0 Å². The van der Waals surface area contributed by atoms with E-state index in [0.29, 0.717) is 23.0 Å². The van der Waals surface area contributed by atoms with Gasteiger partial charge in [0.05, 0.1) is 5.75 Å². The molecular formula is C9H18BrNO2S. The van der Waals surface area contributed by atoms with E-state index in [-0.39, 0.29) is 0 Å². The third kappa shape index (κ3) is 5.32. The molecule has 0 bridgehead atoms. The maximum absolute atomic E-state index is 11.4. The summed E-state index contributed by atoms with van der Waals surface area (Å²) in [4.78, 5) is 0.422. The molecule has 0 amide bonds. The standard InChI is InChI=1S/C9H18BrNO2S/c1-2-9(10)5-6-11-14(12,13)7-8-3-4-8/h8-9,11H,2-7H2,1H3. The molecule has 0 aliphatic heterocycles. The normalized spacial score (nSPS) is 19.6. The average molecular weight is 284 g/mol. The zero-order valence-electron chi connectivity index (χ0n) is 8.50. The summed E-state index contributed by atoms with van der Waals surface area (Å²) >= 11 is 3.47. The van der Waals surface area contributed by atoms with Gasteiger partial charge in [-0.2, -0.15) is 0 Å². The molecule has 1 aliphatic carbocycles. The highest BCUT2D eigenvalue weighted by atomic mass is 79.9. The second-order valence-corrected chi connectivity index (χ2v) is 7.06. The Bertz CT molecular complexity index is 262. The molecule has 3 nitrogen and oxygen atoms in total. The van der Waals surface area contributed by atoms with Crippen LogP contribution in [-0.4, -0.2) is 25.5 Å². The van der Waals surface area contributed by atoms with E-state index in [0.717, 1.165) is 25.7 Å². The second kappa shape index (κ2) is 5.47. The van der Waals surface area contributed by atoms with Gasteiger partial charge in [0.25, 0.3) is 0 Å². The third-order valence-corrected chi connectivity index (χ3v) is 5.03. The van der Waals surface area contributed by atoms with Crippen molar-refractivity contribution in [3.8, 4) is 0 Å². The van der Waals surface area contributed by atoms with Crippen LogP contribution in [0.4, 0.5) is 0 Å². The molecule has 0 aromatic carbocycles. The largest absolute Gasteiger partial charge is 0.215 e. The summed E-state index contributed by atoms with van der Waals surface area (Å²) < 4.78 is 25.5. The van der Waals surface area contributed by atoms with Crippen molar-refractivity contribution in [2.45, 2.75) is 37.4 Å². The molecule has 0 radical (unpaired) electrons. The number of nitrogens with one attached hydrogen (secondary N) is 1. The summed E-state index contributed by atoms with van der Waals surface area (Å²) in [5, 5.41) is 0. The SMILES string of the molecule is CCC(Br)CCNS(=O)(=O)CC1CC1. The lowest BCUT2D eigenvalue weighted by molar-refractivity contribution is 0.574. The van der Waals surface area contributed by atoms with Crippen molar-refractivity contribution >= 4 is 26.0 Å². The first-order valence-electron chi connectivity index (χ1n) is 5.15. The van der Waals surface area contributed by atoms with Gasteiger partial charge in [0.15, 0.2) is 0 Å². The Hall–Kier alpha value is 0.390. The van der Waals surface area contributed by atoms with Crippen LogP contribution >= 0.6 is 15.9 Å². The maximum Gasteiger partial charge on any atom is 0.211 e. The highest BCUT2D eigenvalue weighted by Gasteiger charge is 2.27. The molecule has 1 N–H and O–H groups in total. The first kappa shape index (κ1) is 12.5. The summed E-state index contributed by atoms with van der Waals surface area (Å²) in [6.07, 6.45) is 4.05. The zero-order valence-corrected chi connectivity index (χ0v) is 10.9. The lowest BCUT2D eigenvalue weighted by atomic mass is 10.2. The lowest BCUT2D eigenvalue weighted by Crippen LogP contribution is -2.29. The molecule has 0 saturated heterocycles. The minimum atomic E-state index is -2.99. The highest BCUT2D eigenvalue weighted by Crippen LogP contribution is 2.29. The first-order chi connectivity index (χ1) is 6.53. The van der Waals surface area contributed by atoms with Crippen LogP contribution in [0.3, 0.4) is 0 Å². The number of hydrogen-bond donors (Lipinski definition) is 1. The zero-order chi connectivity index (χ0) is 10.6. The van der Waals surface area contributed by atoms with Crippen LogP contribution in [0, 0.1) is 5.92 Å². The fraction of sp³-hybridized carbons (Fsp3) is 1.00. The maximum atomic E-state index is 11.4. The van der Waals surface area contributed by atoms with E-state index < -0.39 is 10.0 Å². The molecule has 1 saturated carbocycles. The van der Waals surface area contributed by atoms with Gasteiger partial charge in [-0.1, -0.05) is 22.9 Å². The van der Waals surface area contributed by atoms with E-state index >= 15 is 0 Å². The van der Waals surface area contributed by atoms with Crippen LogP contribution in [0.25, 0.3) is 0 Å². The van der Waals surface area contributed by atoms with Crippen LogP contribution in [0.15, 0.2) is 0 Å². The highest BCUT2D eigenvalue weighted by molar-refractivity contribution is 9.09. The average Bonchev–Trinajstić information content (AvgIpc) is 2.86. The summed E-state index contributed by atoms with van der Waals surface area (Å²) in [6, 6.07) is 0. The van der Waals surface area contributed by atoms with E-state index in [2.05, 4.69) is 27.6 Å². The smallest absolute Gasteiger partial charge is 0.211 e. The van der Waals surface area contributed by atoms with Crippen molar-refractivity contribution in [2.24, 2.45) is 5.92 Å². The summed E-state index contributed by atoms with van der Waals surface area (Å²) in [7, 11) is -2.99. The molecule has 14 heavy (non-hydrogen) atoms. The Kier molecular flexibility index (Phi) is 4.87. The van der Waals surface area contributed by atoms with Crippen LogP contribution < -0.4 is 4.72 Å². The Morgan fingerprint density at radius 3 is 2.64 bits per heavy atom. The first-order valence-corrected chi connectivity index (χ1v) is 7.71. The van der Waals surface area contributed by atoms with Crippen LogP contribution in [0.2, 0.25) is 0 Å². The minimum Gasteiger partial charge on any atom is -0.215 e. The fourth-order valence-electron chi connectivity index (χ4n) is 1.23. The number of alkyl halides is 1. The van der Waals surface area contributed by atoms with Crippen molar-refractivity contribution in [3.05, 3.63) is 0 Å². The van der Waals surface area contributed by atoms with Gasteiger partial charge in [-0.15, -0.1) is 0 Å². The predicted molar refractivity (Wildman–Crippen MR) is 62.1 cm³/mol. The summed E-state index contributed by atoms with van der Waals surface area (Å²) in [5.74, 6) is 0.755. The van der Waals surface area contributed by atoms with Gasteiger partial charge in [-0.3, -0.25) is 0 Å². The van der Waals surface area contributed by atoms with Crippen molar-refractivity contribution in [1.82, 2.24) is 4.72 Å². The molecule has 0 heterocycles. The number of hydrogen-bond acceptors (Lipinski definition) is 2. The molecule has 84 valence electrons. The van der Waals surface area contributed by atoms with Gasteiger partial charge in [0.1, 0.15) is 0 Å². The van der Waals surface area contributed by atoms with E-state index in [1.54, 1.807) is 0 Å². The summed E-state index contributed by atoms with van der Waals surface area (Å²) in [5.41, 5.74) is 0. The molecule has 1 atom stereocenters. The van der Waals surface area contributed by atoms with Gasteiger partial charge in [0, 0.05) is 11.4 Å². The summed E-state index contributed by atoms with van der Waals surface area (Å²) in [6.45, 7) is 2.64. The Morgan fingerprint density at radius 2 is 2.14 bits per heavy atom. The third-order valence-electron chi connectivity index (χ3n) is 2.37. The van der Waals surface area contributed by atoms with Crippen LogP contribution in [-0.2, 0) is 10.0 Å². The molecule has 1 aliphatic rings. The number of rotatable bonds is 7.